The number of hydrogen-bond acceptors (Lipinski definition) is 5. The Morgan fingerprint density at radius 2 is 1.61 bits per heavy atom. The van der Waals surface area contributed by atoms with Crippen LogP contribution in [0.4, 0.5) is 10.5 Å². The predicted molar refractivity (Wildman–Crippen MR) is 123 cm³/mol. The zero-order valence-corrected chi connectivity index (χ0v) is 18.9. The van der Waals surface area contributed by atoms with Crippen LogP contribution < -0.4 is 20.7 Å². The molecule has 0 aliphatic carbocycles. The van der Waals surface area contributed by atoms with E-state index < -0.39 is 29.5 Å². The van der Waals surface area contributed by atoms with Gasteiger partial charge in [-0.05, 0) is 51.5 Å². The third-order valence-electron chi connectivity index (χ3n) is 4.36. The molecular weight excluding hydrogens is 426 g/mol. The van der Waals surface area contributed by atoms with E-state index in [1.165, 1.54) is 0 Å². The third-order valence-corrected chi connectivity index (χ3v) is 4.36. The summed E-state index contributed by atoms with van der Waals surface area (Å²) in [4.78, 5) is 47.6. The molecule has 33 heavy (non-hydrogen) atoms. The highest BCUT2D eigenvalue weighted by molar-refractivity contribution is 5.97. The lowest BCUT2D eigenvalue weighted by Crippen LogP contribution is -2.51. The molecule has 9 heteroatoms. The van der Waals surface area contributed by atoms with Crippen molar-refractivity contribution in [2.45, 2.75) is 45.2 Å². The zero-order chi connectivity index (χ0) is 24.4. The van der Waals surface area contributed by atoms with Crippen molar-refractivity contribution in [1.29, 1.82) is 0 Å². The summed E-state index contributed by atoms with van der Waals surface area (Å²) in [5, 5.41) is 16.9. The molecule has 0 saturated heterocycles. The molecule has 2 aromatic rings. The number of carbonyl (C=O) groups is 4. The smallest absolute Gasteiger partial charge is 0.326 e. The molecule has 0 bridgehead atoms. The maximum Gasteiger partial charge on any atom is 0.326 e. The molecule has 0 fully saturated rings. The summed E-state index contributed by atoms with van der Waals surface area (Å²) in [6.07, 6.45) is -0.169. The molecule has 0 aromatic heterocycles. The molecule has 2 rings (SSSR count). The number of aliphatic carboxylic acids is 1. The lowest BCUT2D eigenvalue weighted by molar-refractivity contribution is -0.139. The van der Waals surface area contributed by atoms with Crippen molar-refractivity contribution in [3.8, 4) is 5.75 Å². The number of Topliss-reactive ketones (excluding diaryl/α,β-unsaturated/α-hetero) is 1. The van der Waals surface area contributed by atoms with Gasteiger partial charge < -0.3 is 25.8 Å². The van der Waals surface area contributed by atoms with Crippen LogP contribution in [0, 0.1) is 0 Å². The minimum atomic E-state index is -1.22. The number of hydrogen-bond donors (Lipinski definition) is 4. The van der Waals surface area contributed by atoms with E-state index in [9.17, 15) is 24.3 Å². The van der Waals surface area contributed by atoms with Gasteiger partial charge in [0.1, 0.15) is 11.8 Å². The highest BCUT2D eigenvalue weighted by atomic mass is 16.5. The van der Waals surface area contributed by atoms with Gasteiger partial charge in [-0.2, -0.15) is 0 Å². The fourth-order valence-corrected chi connectivity index (χ4v) is 2.78. The van der Waals surface area contributed by atoms with E-state index >= 15 is 0 Å². The Morgan fingerprint density at radius 1 is 0.970 bits per heavy atom. The fourth-order valence-electron chi connectivity index (χ4n) is 2.78. The van der Waals surface area contributed by atoms with Gasteiger partial charge in [0.2, 0.25) is 5.91 Å². The van der Waals surface area contributed by atoms with Crippen molar-refractivity contribution >= 4 is 29.4 Å². The van der Waals surface area contributed by atoms with Crippen molar-refractivity contribution in [3.63, 3.8) is 0 Å². The molecule has 0 radical (unpaired) electrons. The molecule has 1 unspecified atom stereocenters. The number of urea groups is 1. The van der Waals surface area contributed by atoms with Crippen LogP contribution in [-0.2, 0) is 9.59 Å². The van der Waals surface area contributed by atoms with Crippen LogP contribution in [-0.4, -0.2) is 47.0 Å². The Balaban J connectivity index is 1.80. The number of amides is 3. The lowest BCUT2D eigenvalue weighted by Gasteiger charge is -2.22. The summed E-state index contributed by atoms with van der Waals surface area (Å²) >= 11 is 0. The van der Waals surface area contributed by atoms with Crippen LogP contribution in [0.15, 0.2) is 54.6 Å². The number of carboxylic acids is 1. The highest BCUT2D eigenvalue weighted by Crippen LogP contribution is 2.17. The number of nitrogens with one attached hydrogen (secondary N) is 3. The fraction of sp³-hybridized carbons (Fsp3) is 0.333. The molecule has 4 N–H and O–H groups in total. The quantitative estimate of drug-likeness (QED) is 0.407. The van der Waals surface area contributed by atoms with Crippen LogP contribution in [0.5, 0.6) is 5.75 Å². The first-order valence-electron chi connectivity index (χ1n) is 10.5. The molecule has 1 atom stereocenters. The van der Waals surface area contributed by atoms with Crippen molar-refractivity contribution < 1.29 is 29.0 Å². The molecule has 176 valence electrons. The maximum atomic E-state index is 12.2. The SMILES string of the molecule is CC(C)(C)NC(=O)NC(CCC(=O)Nc1ccc(OCC(=O)c2ccccc2)cc1)C(=O)O. The van der Waals surface area contributed by atoms with Crippen LogP contribution in [0.1, 0.15) is 44.0 Å². The van der Waals surface area contributed by atoms with Crippen LogP contribution in [0.3, 0.4) is 0 Å². The standard InChI is InChI=1S/C24H29N3O6/c1-24(2,3)27-23(32)26-19(22(30)31)13-14-21(29)25-17-9-11-18(12-10-17)33-15-20(28)16-7-5-4-6-8-16/h4-12,19H,13-15H2,1-3H3,(H,25,29)(H,30,31)(H2,26,27,32). The second-order valence-electron chi connectivity index (χ2n) is 8.43. The molecular formula is C24H29N3O6. The molecule has 0 heterocycles. The number of rotatable bonds is 10. The normalized spacial score (nSPS) is 11.7. The average Bonchev–Trinajstić information content (AvgIpc) is 2.75. The molecule has 0 aliphatic heterocycles. The lowest BCUT2D eigenvalue weighted by atomic mass is 10.1. The van der Waals surface area contributed by atoms with Crippen LogP contribution >= 0.6 is 0 Å². The molecule has 0 saturated carbocycles. The minimum Gasteiger partial charge on any atom is -0.485 e. The number of ketones is 1. The monoisotopic (exact) mass is 455 g/mol. The van der Waals surface area contributed by atoms with E-state index in [1.54, 1.807) is 69.3 Å². The number of carboxylic acid groups (broad SMARTS) is 1. The van der Waals surface area contributed by atoms with E-state index in [-0.39, 0.29) is 25.2 Å². The van der Waals surface area contributed by atoms with E-state index in [0.717, 1.165) is 0 Å². The Labute approximate surface area is 192 Å². The first-order chi connectivity index (χ1) is 15.5. The Hall–Kier alpha value is -3.88. The van der Waals surface area contributed by atoms with E-state index in [1.807, 2.05) is 6.07 Å². The number of benzene rings is 2. The Morgan fingerprint density at radius 3 is 2.18 bits per heavy atom. The predicted octanol–water partition coefficient (Wildman–Crippen LogP) is 3.22. The number of ether oxygens (including phenoxy) is 1. The highest BCUT2D eigenvalue weighted by Gasteiger charge is 2.23. The van der Waals surface area contributed by atoms with Gasteiger partial charge in [-0.15, -0.1) is 0 Å². The van der Waals surface area contributed by atoms with Gasteiger partial charge >= 0.3 is 12.0 Å². The largest absolute Gasteiger partial charge is 0.485 e. The van der Waals surface area contributed by atoms with Crippen molar-refractivity contribution in [1.82, 2.24) is 10.6 Å². The van der Waals surface area contributed by atoms with E-state index in [0.29, 0.717) is 17.0 Å². The topological polar surface area (TPSA) is 134 Å². The van der Waals surface area contributed by atoms with Crippen LogP contribution in [0.2, 0.25) is 0 Å². The molecule has 9 nitrogen and oxygen atoms in total. The molecule has 0 spiro atoms. The first kappa shape index (κ1) is 25.4. The van der Waals surface area contributed by atoms with Gasteiger partial charge in [0.25, 0.3) is 0 Å². The molecule has 3 amide bonds. The summed E-state index contributed by atoms with van der Waals surface area (Å²) in [6.45, 7) is 5.20. The zero-order valence-electron chi connectivity index (χ0n) is 18.9. The van der Waals surface area contributed by atoms with Gasteiger partial charge in [-0.3, -0.25) is 9.59 Å². The molecule has 2 aromatic carbocycles. The summed E-state index contributed by atoms with van der Waals surface area (Å²) in [6, 6.07) is 13.5. The summed E-state index contributed by atoms with van der Waals surface area (Å²) in [5.74, 6) is -1.30. The second kappa shape index (κ2) is 11.7. The number of anilines is 1. The van der Waals surface area contributed by atoms with Crippen LogP contribution in [0.25, 0.3) is 0 Å². The summed E-state index contributed by atoms with van der Waals surface area (Å²) in [5.41, 5.74) is 0.536. The van der Waals surface area contributed by atoms with Gasteiger partial charge in [0.05, 0.1) is 0 Å². The average molecular weight is 456 g/mol. The minimum absolute atomic E-state index is 0.0679. The second-order valence-corrected chi connectivity index (χ2v) is 8.43. The van der Waals surface area contributed by atoms with Crippen molar-refractivity contribution in [2.24, 2.45) is 0 Å². The first-order valence-corrected chi connectivity index (χ1v) is 10.5. The van der Waals surface area contributed by atoms with Crippen molar-refractivity contribution in [3.05, 3.63) is 60.2 Å². The van der Waals surface area contributed by atoms with E-state index in [2.05, 4.69) is 16.0 Å². The van der Waals surface area contributed by atoms with Gasteiger partial charge in [-0.25, -0.2) is 9.59 Å². The summed E-state index contributed by atoms with van der Waals surface area (Å²) in [7, 11) is 0. The van der Waals surface area contributed by atoms with E-state index in [4.69, 9.17) is 4.74 Å². The third kappa shape index (κ3) is 9.42. The number of carbonyl (C=O) groups excluding carboxylic acids is 3. The molecule has 0 aliphatic rings. The Bertz CT molecular complexity index is 968. The Kier molecular flexibility index (Phi) is 8.97. The van der Waals surface area contributed by atoms with Gasteiger partial charge in [0, 0.05) is 23.2 Å². The van der Waals surface area contributed by atoms with Gasteiger partial charge in [0.15, 0.2) is 12.4 Å². The maximum absolute atomic E-state index is 12.2. The van der Waals surface area contributed by atoms with Gasteiger partial charge in [-0.1, -0.05) is 30.3 Å². The van der Waals surface area contributed by atoms with Crippen molar-refractivity contribution in [2.75, 3.05) is 11.9 Å². The summed E-state index contributed by atoms with van der Waals surface area (Å²) < 4.78 is 5.49.